The van der Waals surface area contributed by atoms with Crippen molar-refractivity contribution in [1.82, 2.24) is 0 Å². The Morgan fingerprint density at radius 2 is 1.71 bits per heavy atom. The van der Waals surface area contributed by atoms with Crippen LogP contribution >= 0.6 is 22.6 Å². The third-order valence-corrected chi connectivity index (χ3v) is 4.53. The lowest BCUT2D eigenvalue weighted by atomic mass is 8.57. The van der Waals surface area contributed by atoms with Crippen molar-refractivity contribution in [3.8, 4) is 0 Å². The van der Waals surface area contributed by atoms with E-state index in [0.29, 0.717) is 6.60 Å². The summed E-state index contributed by atoms with van der Waals surface area (Å²) in [4.78, 5) is 0. The zero-order valence-electron chi connectivity index (χ0n) is 10.3. The molecule has 0 spiro atoms. The first-order valence-electron chi connectivity index (χ1n) is 6.33. The van der Waals surface area contributed by atoms with E-state index in [1.54, 1.807) is 0 Å². The van der Waals surface area contributed by atoms with Crippen LogP contribution in [-0.4, -0.2) is 75.3 Å². The minimum atomic E-state index is -0.537. The molecule has 72 valence electrons. The third kappa shape index (κ3) is 5.10. The number of unbranched alkanes of at least 4 members (excludes halogenated alkanes) is 1. The molecule has 1 rings (SSSR count). The van der Waals surface area contributed by atoms with Crippen LogP contribution in [0.15, 0.2) is 0 Å². The number of rotatable bonds is 8. The third-order valence-electron chi connectivity index (χ3n) is 3.76. The Kier molecular flexibility index (Phi) is 7.58. The summed E-state index contributed by atoms with van der Waals surface area (Å²) in [6.45, 7) is 0.522. The molecule has 1 saturated heterocycles. The molecule has 1 heterocycles. The standard InChI is InChI=1S/C6H11B10I/c7-13(8)15(11)16(14(9)10)12-5-6(12)3-1-2-4-17/h6H,1-5H2. The molecule has 10 radical (unpaired) electrons. The van der Waals surface area contributed by atoms with Crippen molar-refractivity contribution < 1.29 is 0 Å². The second-order valence-electron chi connectivity index (χ2n) is 5.15. The van der Waals surface area contributed by atoms with Crippen molar-refractivity contribution in [2.24, 2.45) is 0 Å². The van der Waals surface area contributed by atoms with Crippen molar-refractivity contribution in [2.45, 2.75) is 31.4 Å². The molecule has 0 saturated carbocycles. The fourth-order valence-electron chi connectivity index (χ4n) is 2.66. The first kappa shape index (κ1) is 16.4. The minimum Gasteiger partial charge on any atom is -0.0864 e. The average molecular weight is 318 g/mol. The second-order valence-corrected chi connectivity index (χ2v) is 6.23. The van der Waals surface area contributed by atoms with Gasteiger partial charge < -0.3 is 0 Å². The van der Waals surface area contributed by atoms with Crippen molar-refractivity contribution in [1.29, 1.82) is 0 Å². The molecule has 0 aromatic rings. The predicted octanol–water partition coefficient (Wildman–Crippen LogP) is -0.911. The van der Waals surface area contributed by atoms with E-state index in [1.807, 2.05) is 0 Å². The molecule has 1 unspecified atom stereocenters. The maximum Gasteiger partial charge on any atom is 0.0927 e. The molecule has 1 aliphatic rings. The van der Waals surface area contributed by atoms with Gasteiger partial charge in [0.05, 0.1) is 6.60 Å². The van der Waals surface area contributed by atoms with Gasteiger partial charge in [-0.25, -0.2) is 0 Å². The highest BCUT2D eigenvalue weighted by atomic mass is 127. The van der Waals surface area contributed by atoms with Gasteiger partial charge in [-0.05, 0) is 10.8 Å². The Hall–Kier alpha value is 1.38. The van der Waals surface area contributed by atoms with Gasteiger partial charge in [0.25, 0.3) is 0 Å². The molecule has 1 atom stereocenters. The molecule has 11 heteroatoms. The Morgan fingerprint density at radius 1 is 1.06 bits per heavy atom. The number of hydrogen-bond acceptors (Lipinski definition) is 0. The Morgan fingerprint density at radius 3 is 2.18 bits per heavy atom. The molecular formula is C6H11B10I. The van der Waals surface area contributed by atoms with Gasteiger partial charge in [0.1, 0.15) is 0 Å². The Bertz CT molecular complexity index is 225. The summed E-state index contributed by atoms with van der Waals surface area (Å²) >= 11 is 2.41. The van der Waals surface area contributed by atoms with Crippen LogP contribution in [0.5, 0.6) is 0 Å². The SMILES string of the molecule is [B]B([B])B([B])B(B([B])[B])B1CC1CCCCI. The van der Waals surface area contributed by atoms with E-state index in [1.165, 1.54) is 30.0 Å². The van der Waals surface area contributed by atoms with Gasteiger partial charge in [0.15, 0.2) is 0 Å². The summed E-state index contributed by atoms with van der Waals surface area (Å²) in [5.41, 5.74) is 0. The monoisotopic (exact) mass is 320 g/mol. The average Bonchev–Trinajstić information content (AvgIpc) is 2.97. The normalized spacial score (nSPS) is 17.7. The highest BCUT2D eigenvalue weighted by Gasteiger charge is 2.49. The van der Waals surface area contributed by atoms with E-state index in [9.17, 15) is 0 Å². The molecule has 0 aromatic carbocycles. The van der Waals surface area contributed by atoms with Crippen LogP contribution in [0, 0.1) is 0 Å². The zero-order valence-corrected chi connectivity index (χ0v) is 12.4. The van der Waals surface area contributed by atoms with Crippen LogP contribution in [0.4, 0.5) is 0 Å². The molecule has 0 bridgehead atoms. The summed E-state index contributed by atoms with van der Waals surface area (Å²) in [5.74, 6) is 0.724. The lowest BCUT2D eigenvalue weighted by molar-refractivity contribution is 0.741. The van der Waals surface area contributed by atoms with E-state index < -0.39 is 12.8 Å². The number of halogens is 1. The van der Waals surface area contributed by atoms with Crippen molar-refractivity contribution in [2.75, 3.05) is 4.43 Å². The second kappa shape index (κ2) is 7.84. The smallest absolute Gasteiger partial charge is 0.0864 e. The zero-order chi connectivity index (χ0) is 13.0. The van der Waals surface area contributed by atoms with Gasteiger partial charge >= 0.3 is 0 Å². The summed E-state index contributed by atoms with van der Waals surface area (Å²) in [6.07, 6.45) is 3.80. The molecule has 0 aromatic heterocycles. The quantitative estimate of drug-likeness (QED) is 0.235. The first-order chi connectivity index (χ1) is 7.99. The summed E-state index contributed by atoms with van der Waals surface area (Å²) in [6, 6.07) is 0. The van der Waals surface area contributed by atoms with Crippen LogP contribution in [-0.2, 0) is 0 Å². The maximum absolute atomic E-state index is 6.01. The topological polar surface area (TPSA) is 0 Å². The molecule has 0 amide bonds. The lowest BCUT2D eigenvalue weighted by Gasteiger charge is -2.25. The van der Waals surface area contributed by atoms with Gasteiger partial charge in [0.2, 0.25) is 0 Å². The van der Waals surface area contributed by atoms with Gasteiger partial charge in [-0.15, -0.1) is 0 Å². The molecule has 0 N–H and O–H groups in total. The van der Waals surface area contributed by atoms with Gasteiger partial charge in [-0.1, -0.05) is 47.6 Å². The highest BCUT2D eigenvalue weighted by Crippen LogP contribution is 2.43. The van der Waals surface area contributed by atoms with Crippen molar-refractivity contribution >= 4 is 93.4 Å². The van der Waals surface area contributed by atoms with E-state index in [2.05, 4.69) is 22.6 Å². The van der Waals surface area contributed by atoms with Gasteiger partial charge in [-0.3, -0.25) is 0 Å². The summed E-state index contributed by atoms with van der Waals surface area (Å²) < 4.78 is 1.22. The van der Waals surface area contributed by atoms with E-state index >= 15 is 0 Å². The largest absolute Gasteiger partial charge is 0.0927 e. The summed E-state index contributed by atoms with van der Waals surface area (Å²) in [7, 11) is 28.9. The number of alkyl halides is 1. The van der Waals surface area contributed by atoms with Crippen molar-refractivity contribution in [3.63, 3.8) is 0 Å². The molecule has 1 aliphatic heterocycles. The fourth-order valence-corrected chi connectivity index (χ4v) is 3.20. The first-order valence-corrected chi connectivity index (χ1v) is 7.85. The molecular weight excluding hydrogens is 307 g/mol. The summed E-state index contributed by atoms with van der Waals surface area (Å²) in [5, 5.41) is 0. The highest BCUT2D eigenvalue weighted by molar-refractivity contribution is 14.1. The lowest BCUT2D eigenvalue weighted by Crippen LogP contribution is -2.63. The molecule has 0 nitrogen and oxygen atoms in total. The van der Waals surface area contributed by atoms with E-state index in [4.69, 9.17) is 38.7 Å². The number of hydrogen-bond donors (Lipinski definition) is 0. The van der Waals surface area contributed by atoms with Crippen LogP contribution < -0.4 is 0 Å². The van der Waals surface area contributed by atoms with Crippen LogP contribution in [0.1, 0.15) is 19.3 Å². The molecule has 0 aliphatic carbocycles. The minimum absolute atomic E-state index is 0.0552. The van der Waals surface area contributed by atoms with Crippen LogP contribution in [0.3, 0.4) is 0 Å². The Balaban J connectivity index is 2.41. The maximum atomic E-state index is 6.01. The molecule has 17 heavy (non-hydrogen) atoms. The molecule has 1 fully saturated rings. The van der Waals surface area contributed by atoms with Crippen LogP contribution in [0.2, 0.25) is 12.1 Å². The van der Waals surface area contributed by atoms with Gasteiger partial charge in [0, 0.05) is 64.2 Å². The Labute approximate surface area is 129 Å². The van der Waals surface area contributed by atoms with E-state index in [0.717, 1.165) is 5.82 Å². The fraction of sp³-hybridized carbons (Fsp3) is 1.00. The predicted molar refractivity (Wildman–Crippen MR) is 98.8 cm³/mol. The van der Waals surface area contributed by atoms with Gasteiger partial charge in [-0.2, -0.15) is 0 Å². The van der Waals surface area contributed by atoms with Crippen molar-refractivity contribution in [3.05, 3.63) is 0 Å². The van der Waals surface area contributed by atoms with E-state index in [-0.39, 0.29) is 12.8 Å². The van der Waals surface area contributed by atoms with Crippen LogP contribution in [0.25, 0.3) is 0 Å².